The van der Waals surface area contributed by atoms with E-state index in [4.69, 9.17) is 4.74 Å². The summed E-state index contributed by atoms with van der Waals surface area (Å²) < 4.78 is 18.9. The molecule has 0 spiro atoms. The Morgan fingerprint density at radius 1 is 1.00 bits per heavy atom. The largest absolute Gasteiger partial charge is 0.489 e. The number of hydrogen-bond acceptors (Lipinski definition) is 3. The molecule has 5 heteroatoms. The average Bonchev–Trinajstić information content (AvgIpc) is 2.77. The number of nitrogens with one attached hydrogen (secondary N) is 1. The minimum atomic E-state index is -0.403. The van der Waals surface area contributed by atoms with E-state index in [0.29, 0.717) is 24.3 Å². The van der Waals surface area contributed by atoms with Gasteiger partial charge in [-0.3, -0.25) is 4.79 Å². The fraction of sp³-hybridized carbons (Fsp3) is 0.120. The third kappa shape index (κ3) is 6.32. The molecule has 1 N–H and O–H groups in total. The van der Waals surface area contributed by atoms with E-state index in [1.54, 1.807) is 36.4 Å². The molecule has 0 fully saturated rings. The minimum Gasteiger partial charge on any atom is -0.489 e. The number of benzene rings is 3. The predicted molar refractivity (Wildman–Crippen MR) is 114 cm³/mol. The number of carbonyl (C=O) groups excluding carboxylic acids is 1. The number of halogens is 1. The van der Waals surface area contributed by atoms with Gasteiger partial charge in [-0.05, 0) is 53.5 Å². The summed E-state index contributed by atoms with van der Waals surface area (Å²) in [4.78, 5) is 12.3. The molecule has 0 aliphatic carbocycles. The smallest absolute Gasteiger partial charge is 0.261 e. The zero-order valence-electron chi connectivity index (χ0n) is 16.3. The summed E-state index contributed by atoms with van der Waals surface area (Å²) in [6, 6.07) is 25.0. The monoisotopic (exact) mass is 400 g/mol. The van der Waals surface area contributed by atoms with Gasteiger partial charge in [-0.1, -0.05) is 54.6 Å². The van der Waals surface area contributed by atoms with Crippen LogP contribution in [-0.2, 0) is 17.8 Å². The molecule has 30 heavy (non-hydrogen) atoms. The summed E-state index contributed by atoms with van der Waals surface area (Å²) in [6.45, 7) is 0.703. The number of nitriles is 1. The molecular weight excluding hydrogens is 379 g/mol. The van der Waals surface area contributed by atoms with Crippen molar-refractivity contribution in [1.29, 1.82) is 5.26 Å². The highest BCUT2D eigenvalue weighted by atomic mass is 19.1. The first-order valence-corrected chi connectivity index (χ1v) is 9.55. The van der Waals surface area contributed by atoms with Crippen molar-refractivity contribution in [1.82, 2.24) is 5.32 Å². The zero-order chi connectivity index (χ0) is 21.2. The molecule has 0 unspecified atom stereocenters. The van der Waals surface area contributed by atoms with Gasteiger partial charge in [0.25, 0.3) is 5.91 Å². The Morgan fingerprint density at radius 3 is 2.43 bits per heavy atom. The fourth-order valence-corrected chi connectivity index (χ4v) is 2.83. The van der Waals surface area contributed by atoms with Gasteiger partial charge in [-0.15, -0.1) is 0 Å². The van der Waals surface area contributed by atoms with Crippen molar-refractivity contribution in [3.05, 3.63) is 107 Å². The standard InChI is InChI=1S/C25H21FN2O2/c26-23-8-4-7-21(16-23)18-30-24-11-9-20(10-12-24)15-22(17-27)25(29)28-14-13-19-5-2-1-3-6-19/h1-12,15-16H,13-14,18H2,(H,28,29)/b22-15+. The summed E-state index contributed by atoms with van der Waals surface area (Å²) >= 11 is 0. The van der Waals surface area contributed by atoms with Crippen LogP contribution in [0.1, 0.15) is 16.7 Å². The Morgan fingerprint density at radius 2 is 1.73 bits per heavy atom. The van der Waals surface area contributed by atoms with E-state index in [2.05, 4.69) is 5.32 Å². The quantitative estimate of drug-likeness (QED) is 0.441. The van der Waals surface area contributed by atoms with Gasteiger partial charge in [0.2, 0.25) is 0 Å². The van der Waals surface area contributed by atoms with Gasteiger partial charge in [-0.2, -0.15) is 5.26 Å². The van der Waals surface area contributed by atoms with Crippen LogP contribution < -0.4 is 10.1 Å². The molecule has 0 aliphatic rings. The Balaban J connectivity index is 1.54. The maximum Gasteiger partial charge on any atom is 0.261 e. The van der Waals surface area contributed by atoms with Crippen molar-refractivity contribution in [2.24, 2.45) is 0 Å². The van der Waals surface area contributed by atoms with Crippen LogP contribution in [0.25, 0.3) is 6.08 Å². The van der Waals surface area contributed by atoms with Gasteiger partial charge in [0, 0.05) is 6.54 Å². The van der Waals surface area contributed by atoms with E-state index in [0.717, 1.165) is 11.1 Å². The summed E-state index contributed by atoms with van der Waals surface area (Å²) in [5.41, 5.74) is 2.60. The summed E-state index contributed by atoms with van der Waals surface area (Å²) in [5.74, 6) is -0.0928. The molecule has 3 aromatic carbocycles. The van der Waals surface area contributed by atoms with Crippen molar-refractivity contribution in [2.45, 2.75) is 13.0 Å². The average molecular weight is 400 g/mol. The molecule has 0 aliphatic heterocycles. The first-order chi connectivity index (χ1) is 14.6. The minimum absolute atomic E-state index is 0.0384. The second kappa shape index (κ2) is 10.6. The Hall–Kier alpha value is -3.91. The van der Waals surface area contributed by atoms with Crippen LogP contribution in [0.5, 0.6) is 5.75 Å². The Bertz CT molecular complexity index is 1050. The molecule has 0 heterocycles. The van der Waals surface area contributed by atoms with Crippen molar-refractivity contribution in [2.75, 3.05) is 6.54 Å². The molecule has 0 atom stereocenters. The molecule has 0 radical (unpaired) electrons. The van der Waals surface area contributed by atoms with E-state index < -0.39 is 5.91 Å². The van der Waals surface area contributed by atoms with Gasteiger partial charge in [0.05, 0.1) is 0 Å². The summed E-state index contributed by atoms with van der Waals surface area (Å²) in [6.07, 6.45) is 2.23. The molecule has 1 amide bonds. The first-order valence-electron chi connectivity index (χ1n) is 9.55. The van der Waals surface area contributed by atoms with Crippen molar-refractivity contribution in [3.63, 3.8) is 0 Å². The van der Waals surface area contributed by atoms with Crippen molar-refractivity contribution >= 4 is 12.0 Å². The third-order valence-electron chi connectivity index (χ3n) is 4.39. The number of hydrogen-bond donors (Lipinski definition) is 1. The van der Waals surface area contributed by atoms with Crippen LogP contribution in [0.2, 0.25) is 0 Å². The lowest BCUT2D eigenvalue weighted by atomic mass is 10.1. The van der Waals surface area contributed by atoms with E-state index in [1.165, 1.54) is 18.2 Å². The molecule has 4 nitrogen and oxygen atoms in total. The SMILES string of the molecule is N#C/C(=C\c1ccc(OCc2cccc(F)c2)cc1)C(=O)NCCc1ccccc1. The Labute approximate surface area is 175 Å². The lowest BCUT2D eigenvalue weighted by Gasteiger charge is -2.07. The van der Waals surface area contributed by atoms with Gasteiger partial charge in [0.15, 0.2) is 0 Å². The van der Waals surface area contributed by atoms with Gasteiger partial charge in [0.1, 0.15) is 29.8 Å². The maximum absolute atomic E-state index is 13.2. The van der Waals surface area contributed by atoms with Crippen molar-refractivity contribution < 1.29 is 13.9 Å². The van der Waals surface area contributed by atoms with Crippen LogP contribution in [0.3, 0.4) is 0 Å². The third-order valence-corrected chi connectivity index (χ3v) is 4.39. The van der Waals surface area contributed by atoms with Crippen LogP contribution in [-0.4, -0.2) is 12.5 Å². The van der Waals surface area contributed by atoms with Crippen LogP contribution in [0.4, 0.5) is 4.39 Å². The highest BCUT2D eigenvalue weighted by Gasteiger charge is 2.08. The molecule has 0 aromatic heterocycles. The molecule has 3 rings (SSSR count). The normalized spacial score (nSPS) is 10.9. The highest BCUT2D eigenvalue weighted by molar-refractivity contribution is 6.01. The molecule has 0 saturated heterocycles. The molecule has 150 valence electrons. The zero-order valence-corrected chi connectivity index (χ0v) is 16.3. The summed E-state index contributed by atoms with van der Waals surface area (Å²) in [5, 5.41) is 12.1. The van der Waals surface area contributed by atoms with Gasteiger partial charge < -0.3 is 10.1 Å². The molecule has 0 bridgehead atoms. The molecule has 0 saturated carbocycles. The number of amides is 1. The van der Waals surface area contributed by atoms with Gasteiger partial charge >= 0.3 is 0 Å². The van der Waals surface area contributed by atoms with E-state index in [1.807, 2.05) is 36.4 Å². The van der Waals surface area contributed by atoms with E-state index in [-0.39, 0.29) is 18.0 Å². The van der Waals surface area contributed by atoms with Gasteiger partial charge in [-0.25, -0.2) is 4.39 Å². The second-order valence-electron chi connectivity index (χ2n) is 6.65. The number of nitrogens with zero attached hydrogens (tertiary/aromatic N) is 1. The fourth-order valence-electron chi connectivity index (χ4n) is 2.83. The van der Waals surface area contributed by atoms with Crippen LogP contribution >= 0.6 is 0 Å². The second-order valence-corrected chi connectivity index (χ2v) is 6.65. The van der Waals surface area contributed by atoms with E-state index >= 15 is 0 Å². The summed E-state index contributed by atoms with van der Waals surface area (Å²) in [7, 11) is 0. The molecular formula is C25H21FN2O2. The lowest BCUT2D eigenvalue weighted by Crippen LogP contribution is -2.26. The topological polar surface area (TPSA) is 62.1 Å². The lowest BCUT2D eigenvalue weighted by molar-refractivity contribution is -0.117. The number of rotatable bonds is 8. The number of carbonyl (C=O) groups is 1. The highest BCUT2D eigenvalue weighted by Crippen LogP contribution is 2.16. The first kappa shape index (κ1) is 20.8. The van der Waals surface area contributed by atoms with Crippen molar-refractivity contribution in [3.8, 4) is 11.8 Å². The number of ether oxygens (including phenoxy) is 1. The van der Waals surface area contributed by atoms with Crippen LogP contribution in [0.15, 0.2) is 84.4 Å². The predicted octanol–water partition coefficient (Wildman–Crippen LogP) is 4.67. The van der Waals surface area contributed by atoms with E-state index in [9.17, 15) is 14.4 Å². The van der Waals surface area contributed by atoms with Crippen LogP contribution in [0, 0.1) is 17.1 Å². The maximum atomic E-state index is 13.2. The molecule has 3 aromatic rings. The Kier molecular flexibility index (Phi) is 7.34.